The van der Waals surface area contributed by atoms with E-state index in [-0.39, 0.29) is 0 Å². The van der Waals surface area contributed by atoms with Gasteiger partial charge in [-0.3, -0.25) is 14.4 Å². The highest BCUT2D eigenvalue weighted by molar-refractivity contribution is 5.92. The smallest absolute Gasteiger partial charge is 0.242 e. The fourth-order valence-corrected chi connectivity index (χ4v) is 0.820. The molecule has 0 aromatic rings. The van der Waals surface area contributed by atoms with Crippen molar-refractivity contribution in [2.45, 2.75) is 38.9 Å². The Morgan fingerprint density at radius 2 is 1.38 bits per heavy atom. The number of amides is 3. The summed E-state index contributed by atoms with van der Waals surface area (Å²) < 4.78 is 0. The molecule has 0 fully saturated rings. The number of carbonyl (C=O) groups is 3. The van der Waals surface area contributed by atoms with E-state index < -0.39 is 35.8 Å². The van der Waals surface area contributed by atoms with Crippen LogP contribution < -0.4 is 22.1 Å². The first-order chi connectivity index (χ1) is 7.25. The predicted molar refractivity (Wildman–Crippen MR) is 58.1 cm³/mol. The van der Waals surface area contributed by atoms with Crippen LogP contribution in [0.25, 0.3) is 0 Å². The van der Waals surface area contributed by atoms with E-state index in [2.05, 4.69) is 10.6 Å². The standard InChI is InChI=1S/C9H18N4O3/c1-4(10)8(15)13-6(3)9(16)12-5(2)7(11)14/h4-6H,10H2,1-3H3,(H2,11,14)(H,12,16)(H,13,15)/t4?,5?,6-/m0/s1. The van der Waals surface area contributed by atoms with Gasteiger partial charge in [0.05, 0.1) is 6.04 Å². The molecule has 0 rings (SSSR count). The molecule has 0 saturated heterocycles. The van der Waals surface area contributed by atoms with Gasteiger partial charge < -0.3 is 22.1 Å². The van der Waals surface area contributed by atoms with Crippen LogP contribution in [0.2, 0.25) is 0 Å². The lowest BCUT2D eigenvalue weighted by molar-refractivity contribution is -0.131. The van der Waals surface area contributed by atoms with Crippen molar-refractivity contribution in [3.05, 3.63) is 0 Å². The Morgan fingerprint density at radius 1 is 0.938 bits per heavy atom. The Hall–Kier alpha value is -1.63. The second-order valence-corrected chi connectivity index (χ2v) is 3.65. The highest BCUT2D eigenvalue weighted by atomic mass is 16.2. The lowest BCUT2D eigenvalue weighted by Gasteiger charge is -2.17. The molecule has 0 radical (unpaired) electrons. The highest BCUT2D eigenvalue weighted by Crippen LogP contribution is 1.87. The summed E-state index contributed by atoms with van der Waals surface area (Å²) in [6, 6.07) is -2.23. The first-order valence-electron chi connectivity index (χ1n) is 4.91. The lowest BCUT2D eigenvalue weighted by atomic mass is 10.2. The second kappa shape index (κ2) is 6.06. The van der Waals surface area contributed by atoms with E-state index in [0.29, 0.717) is 0 Å². The van der Waals surface area contributed by atoms with Crippen molar-refractivity contribution in [1.29, 1.82) is 0 Å². The summed E-state index contributed by atoms with van der Waals surface area (Å²) in [4.78, 5) is 33.3. The number of rotatable bonds is 5. The molecule has 7 heteroatoms. The third-order valence-corrected chi connectivity index (χ3v) is 1.95. The zero-order valence-corrected chi connectivity index (χ0v) is 9.61. The quantitative estimate of drug-likeness (QED) is 0.428. The minimum atomic E-state index is -0.776. The Morgan fingerprint density at radius 3 is 1.75 bits per heavy atom. The maximum Gasteiger partial charge on any atom is 0.242 e. The van der Waals surface area contributed by atoms with E-state index >= 15 is 0 Å². The first-order valence-corrected chi connectivity index (χ1v) is 4.91. The molecule has 0 spiro atoms. The van der Waals surface area contributed by atoms with Crippen molar-refractivity contribution < 1.29 is 14.4 Å². The fraction of sp³-hybridized carbons (Fsp3) is 0.667. The molecular weight excluding hydrogens is 212 g/mol. The summed E-state index contributed by atoms with van der Waals surface area (Å²) in [6.45, 7) is 4.45. The van der Waals surface area contributed by atoms with Crippen LogP contribution in [0, 0.1) is 0 Å². The Labute approximate surface area is 93.9 Å². The number of primary amides is 1. The van der Waals surface area contributed by atoms with Crippen molar-refractivity contribution in [2.75, 3.05) is 0 Å². The van der Waals surface area contributed by atoms with Gasteiger partial charge in [0, 0.05) is 0 Å². The van der Waals surface area contributed by atoms with Crippen LogP contribution in [0.4, 0.5) is 0 Å². The van der Waals surface area contributed by atoms with Crippen LogP contribution in [-0.2, 0) is 14.4 Å². The second-order valence-electron chi connectivity index (χ2n) is 3.65. The fourth-order valence-electron chi connectivity index (χ4n) is 0.820. The van der Waals surface area contributed by atoms with Crippen molar-refractivity contribution in [1.82, 2.24) is 10.6 Å². The van der Waals surface area contributed by atoms with Gasteiger partial charge >= 0.3 is 0 Å². The number of nitrogens with one attached hydrogen (secondary N) is 2. The maximum atomic E-state index is 11.4. The van der Waals surface area contributed by atoms with Gasteiger partial charge in [0.2, 0.25) is 17.7 Å². The Balaban J connectivity index is 4.19. The normalized spacial score (nSPS) is 15.8. The molecular formula is C9H18N4O3. The van der Waals surface area contributed by atoms with Crippen molar-refractivity contribution >= 4 is 17.7 Å². The predicted octanol–water partition coefficient (Wildman–Crippen LogP) is -2.17. The van der Waals surface area contributed by atoms with E-state index in [1.54, 1.807) is 0 Å². The van der Waals surface area contributed by atoms with E-state index in [1.807, 2.05) is 0 Å². The maximum absolute atomic E-state index is 11.4. The van der Waals surface area contributed by atoms with Gasteiger partial charge in [-0.25, -0.2) is 0 Å². The first kappa shape index (κ1) is 14.4. The number of carbonyl (C=O) groups excluding carboxylic acids is 3. The summed E-state index contributed by atoms with van der Waals surface area (Å²) in [7, 11) is 0. The summed E-state index contributed by atoms with van der Waals surface area (Å²) in [5.74, 6) is -1.56. The molecule has 7 nitrogen and oxygen atoms in total. The summed E-state index contributed by atoms with van der Waals surface area (Å²) in [6.07, 6.45) is 0. The monoisotopic (exact) mass is 230 g/mol. The number of hydrogen-bond donors (Lipinski definition) is 4. The minimum Gasteiger partial charge on any atom is -0.368 e. The molecule has 0 saturated carbocycles. The molecule has 3 amide bonds. The lowest BCUT2D eigenvalue weighted by Crippen LogP contribution is -2.53. The van der Waals surface area contributed by atoms with Crippen LogP contribution in [0.1, 0.15) is 20.8 Å². The van der Waals surface area contributed by atoms with Gasteiger partial charge in [-0.2, -0.15) is 0 Å². The molecule has 16 heavy (non-hydrogen) atoms. The number of nitrogens with two attached hydrogens (primary N) is 2. The molecule has 0 aromatic carbocycles. The van der Waals surface area contributed by atoms with Crippen LogP contribution in [0.15, 0.2) is 0 Å². The van der Waals surface area contributed by atoms with Crippen molar-refractivity contribution in [3.8, 4) is 0 Å². The molecule has 92 valence electrons. The van der Waals surface area contributed by atoms with E-state index in [1.165, 1.54) is 20.8 Å². The zero-order chi connectivity index (χ0) is 12.9. The minimum absolute atomic E-state index is 0.436. The molecule has 2 unspecified atom stereocenters. The third kappa shape index (κ3) is 4.74. The van der Waals surface area contributed by atoms with Gasteiger partial charge in [-0.1, -0.05) is 0 Å². The van der Waals surface area contributed by atoms with Crippen LogP contribution >= 0.6 is 0 Å². The average molecular weight is 230 g/mol. The molecule has 0 heterocycles. The summed E-state index contributed by atoms with van der Waals surface area (Å²) in [5, 5.41) is 4.75. The summed E-state index contributed by atoms with van der Waals surface area (Å²) in [5.41, 5.74) is 10.3. The molecule has 0 aliphatic rings. The molecule has 0 aromatic heterocycles. The topological polar surface area (TPSA) is 127 Å². The largest absolute Gasteiger partial charge is 0.368 e. The number of hydrogen-bond acceptors (Lipinski definition) is 4. The van der Waals surface area contributed by atoms with Gasteiger partial charge in [0.15, 0.2) is 0 Å². The summed E-state index contributed by atoms with van der Waals surface area (Å²) >= 11 is 0. The van der Waals surface area contributed by atoms with E-state index in [0.717, 1.165) is 0 Å². The highest BCUT2D eigenvalue weighted by Gasteiger charge is 2.20. The van der Waals surface area contributed by atoms with Gasteiger partial charge in [-0.05, 0) is 20.8 Å². The Bertz CT molecular complexity index is 290. The van der Waals surface area contributed by atoms with Crippen LogP contribution in [0.3, 0.4) is 0 Å². The molecule has 0 aliphatic heterocycles. The van der Waals surface area contributed by atoms with Gasteiger partial charge in [-0.15, -0.1) is 0 Å². The SMILES string of the molecule is CC(N)C(=O)N[C@@H](C)C(=O)NC(C)C(N)=O. The molecule has 0 aliphatic carbocycles. The zero-order valence-electron chi connectivity index (χ0n) is 9.61. The molecule has 0 bridgehead atoms. The van der Waals surface area contributed by atoms with Crippen molar-refractivity contribution in [3.63, 3.8) is 0 Å². The van der Waals surface area contributed by atoms with Gasteiger partial charge in [0.25, 0.3) is 0 Å². The van der Waals surface area contributed by atoms with E-state index in [9.17, 15) is 14.4 Å². The van der Waals surface area contributed by atoms with Gasteiger partial charge in [0.1, 0.15) is 12.1 Å². The molecule has 3 atom stereocenters. The average Bonchev–Trinajstić information content (AvgIpc) is 2.16. The third-order valence-electron chi connectivity index (χ3n) is 1.95. The Kier molecular flexibility index (Phi) is 5.44. The van der Waals surface area contributed by atoms with E-state index in [4.69, 9.17) is 11.5 Å². The van der Waals surface area contributed by atoms with Crippen LogP contribution in [-0.4, -0.2) is 35.8 Å². The van der Waals surface area contributed by atoms with Crippen molar-refractivity contribution in [2.24, 2.45) is 11.5 Å². The van der Waals surface area contributed by atoms with Crippen LogP contribution in [0.5, 0.6) is 0 Å². The molecule has 6 N–H and O–H groups in total.